The first kappa shape index (κ1) is 18.3. The second-order valence-electron chi connectivity index (χ2n) is 6.60. The number of furan rings is 1. The number of hydrogen-bond donors (Lipinski definition) is 1. The molecule has 1 amide bonds. The molecule has 4 aromatic rings. The van der Waals surface area contributed by atoms with Gasteiger partial charge in [-0.05, 0) is 50.1 Å². The van der Waals surface area contributed by atoms with Gasteiger partial charge in [-0.15, -0.1) is 10.2 Å². The van der Waals surface area contributed by atoms with Gasteiger partial charge in [-0.3, -0.25) is 4.79 Å². The number of amides is 1. The first-order valence-electron chi connectivity index (χ1n) is 8.87. The lowest BCUT2D eigenvalue weighted by Gasteiger charge is -2.02. The first-order chi connectivity index (χ1) is 13.5. The first-order valence-corrected chi connectivity index (χ1v) is 9.25. The maximum Gasteiger partial charge on any atom is 0.308 e. The smallest absolute Gasteiger partial charge is 0.308 e. The predicted molar refractivity (Wildman–Crippen MR) is 106 cm³/mol. The summed E-state index contributed by atoms with van der Waals surface area (Å²) in [7, 11) is 0. The molecular formula is C21H18ClN3O3. The Hall–Kier alpha value is -3.12. The molecule has 6 nitrogen and oxygen atoms in total. The number of nitrogens with one attached hydrogen (secondary N) is 1. The SMILES string of the molecule is Cc1ccc2oc(-c3nnc(C(=O)NCCc4ccc(Cl)cc4)o3)c(C)c2c1. The monoisotopic (exact) mass is 395 g/mol. The van der Waals surface area contributed by atoms with Crippen LogP contribution in [0.15, 0.2) is 51.3 Å². The summed E-state index contributed by atoms with van der Waals surface area (Å²) in [5, 5.41) is 12.3. The molecule has 0 aliphatic rings. The Morgan fingerprint density at radius 2 is 1.86 bits per heavy atom. The summed E-state index contributed by atoms with van der Waals surface area (Å²) in [6, 6.07) is 13.4. The third-order valence-electron chi connectivity index (χ3n) is 4.52. The van der Waals surface area contributed by atoms with Crippen LogP contribution in [0.5, 0.6) is 0 Å². The van der Waals surface area contributed by atoms with Crippen molar-refractivity contribution in [1.82, 2.24) is 15.5 Å². The Bertz CT molecular complexity index is 1150. The topological polar surface area (TPSA) is 81.2 Å². The van der Waals surface area contributed by atoms with Gasteiger partial charge in [0.05, 0.1) is 0 Å². The summed E-state index contributed by atoms with van der Waals surface area (Å²) in [5.41, 5.74) is 3.85. The standard InChI is InChI=1S/C21H18ClN3O3/c1-12-3-8-17-16(11-12)13(2)18(27-17)20-24-25-21(28-20)19(26)23-10-9-14-4-6-15(22)7-5-14/h3-8,11H,9-10H2,1-2H3,(H,23,26). The van der Waals surface area contributed by atoms with Gasteiger partial charge in [0.15, 0.2) is 5.76 Å². The molecule has 2 aromatic heterocycles. The summed E-state index contributed by atoms with van der Waals surface area (Å²) >= 11 is 5.87. The Balaban J connectivity index is 1.46. The van der Waals surface area contributed by atoms with E-state index < -0.39 is 5.91 Å². The van der Waals surface area contributed by atoms with Crippen molar-refractivity contribution in [1.29, 1.82) is 0 Å². The Kier molecular flexibility index (Phi) is 4.88. The van der Waals surface area contributed by atoms with E-state index in [1.165, 1.54) is 0 Å². The predicted octanol–water partition coefficient (Wildman–Crippen LogP) is 4.73. The molecule has 7 heteroatoms. The van der Waals surface area contributed by atoms with E-state index in [1.807, 2.05) is 56.3 Å². The number of rotatable bonds is 5. The number of halogens is 1. The zero-order chi connectivity index (χ0) is 19.7. The average molecular weight is 396 g/mol. The van der Waals surface area contributed by atoms with E-state index in [1.54, 1.807) is 0 Å². The zero-order valence-corrected chi connectivity index (χ0v) is 16.2. The van der Waals surface area contributed by atoms with Crippen molar-refractivity contribution < 1.29 is 13.6 Å². The number of aromatic nitrogens is 2. The fourth-order valence-corrected chi connectivity index (χ4v) is 3.12. The highest BCUT2D eigenvalue weighted by molar-refractivity contribution is 6.30. The second kappa shape index (κ2) is 7.48. The minimum Gasteiger partial charge on any atom is -0.451 e. The van der Waals surface area contributed by atoms with Crippen LogP contribution in [-0.2, 0) is 6.42 Å². The quantitative estimate of drug-likeness (QED) is 0.528. The number of nitrogens with zero attached hydrogens (tertiary/aromatic N) is 2. The minimum atomic E-state index is -0.419. The lowest BCUT2D eigenvalue weighted by atomic mass is 10.1. The lowest BCUT2D eigenvalue weighted by Crippen LogP contribution is -2.26. The van der Waals surface area contributed by atoms with Gasteiger partial charge in [0.25, 0.3) is 5.89 Å². The highest BCUT2D eigenvalue weighted by Gasteiger charge is 2.21. The van der Waals surface area contributed by atoms with Gasteiger partial charge in [0, 0.05) is 22.5 Å². The molecule has 1 N–H and O–H groups in total. The van der Waals surface area contributed by atoms with Crippen molar-refractivity contribution >= 4 is 28.5 Å². The molecule has 2 aromatic carbocycles. The Morgan fingerprint density at radius 3 is 2.64 bits per heavy atom. The molecule has 0 radical (unpaired) electrons. The van der Waals surface area contributed by atoms with Gasteiger partial charge in [-0.2, -0.15) is 0 Å². The normalized spacial score (nSPS) is 11.1. The molecule has 142 valence electrons. The van der Waals surface area contributed by atoms with Gasteiger partial charge in [0.1, 0.15) is 5.58 Å². The van der Waals surface area contributed by atoms with E-state index in [2.05, 4.69) is 15.5 Å². The van der Waals surface area contributed by atoms with Gasteiger partial charge in [-0.25, -0.2) is 0 Å². The van der Waals surface area contributed by atoms with Crippen LogP contribution in [-0.4, -0.2) is 22.6 Å². The molecular weight excluding hydrogens is 378 g/mol. The van der Waals surface area contributed by atoms with Crippen molar-refractivity contribution in [3.05, 3.63) is 70.1 Å². The third-order valence-corrected chi connectivity index (χ3v) is 4.77. The van der Waals surface area contributed by atoms with Gasteiger partial charge in [-0.1, -0.05) is 35.4 Å². The average Bonchev–Trinajstić information content (AvgIpc) is 3.29. The van der Waals surface area contributed by atoms with Gasteiger partial charge >= 0.3 is 11.8 Å². The number of benzene rings is 2. The Morgan fingerprint density at radius 1 is 1.07 bits per heavy atom. The van der Waals surface area contributed by atoms with E-state index in [9.17, 15) is 4.79 Å². The summed E-state index contributed by atoms with van der Waals surface area (Å²) in [6.07, 6.45) is 0.673. The van der Waals surface area contributed by atoms with E-state index in [4.69, 9.17) is 20.4 Å². The molecule has 0 aliphatic carbocycles. The van der Waals surface area contributed by atoms with Crippen LogP contribution in [0.25, 0.3) is 22.6 Å². The summed E-state index contributed by atoms with van der Waals surface area (Å²) in [5.74, 6) is 0.155. The molecule has 0 saturated carbocycles. The van der Waals surface area contributed by atoms with E-state index in [-0.39, 0.29) is 11.8 Å². The maximum absolute atomic E-state index is 12.3. The Labute approximate surface area is 166 Å². The molecule has 0 spiro atoms. The van der Waals surface area contributed by atoms with Gasteiger partial charge < -0.3 is 14.2 Å². The summed E-state index contributed by atoms with van der Waals surface area (Å²) in [6.45, 7) is 4.39. The van der Waals surface area contributed by atoms with Crippen molar-refractivity contribution in [2.45, 2.75) is 20.3 Å². The number of carbonyl (C=O) groups excluding carboxylic acids is 1. The van der Waals surface area contributed by atoms with Crippen LogP contribution < -0.4 is 5.32 Å². The second-order valence-corrected chi connectivity index (χ2v) is 7.04. The van der Waals surface area contributed by atoms with E-state index >= 15 is 0 Å². The molecule has 0 atom stereocenters. The zero-order valence-electron chi connectivity index (χ0n) is 15.5. The van der Waals surface area contributed by atoms with E-state index in [0.717, 1.165) is 27.7 Å². The fraction of sp³-hybridized carbons (Fsp3) is 0.190. The maximum atomic E-state index is 12.3. The number of fused-ring (bicyclic) bond motifs is 1. The number of carbonyl (C=O) groups is 1. The van der Waals surface area contributed by atoms with Crippen LogP contribution in [0.1, 0.15) is 27.4 Å². The van der Waals surface area contributed by atoms with Crippen molar-refractivity contribution in [2.75, 3.05) is 6.54 Å². The molecule has 0 aliphatic heterocycles. The van der Waals surface area contributed by atoms with Crippen LogP contribution in [0, 0.1) is 13.8 Å². The fourth-order valence-electron chi connectivity index (χ4n) is 2.99. The summed E-state index contributed by atoms with van der Waals surface area (Å²) in [4.78, 5) is 12.3. The number of hydrogen-bond acceptors (Lipinski definition) is 5. The van der Waals surface area contributed by atoms with Gasteiger partial charge in [0.2, 0.25) is 0 Å². The minimum absolute atomic E-state index is 0.0952. The highest BCUT2D eigenvalue weighted by Crippen LogP contribution is 2.32. The molecule has 28 heavy (non-hydrogen) atoms. The summed E-state index contributed by atoms with van der Waals surface area (Å²) < 4.78 is 11.4. The van der Waals surface area contributed by atoms with Crippen molar-refractivity contribution in [3.63, 3.8) is 0 Å². The molecule has 0 bridgehead atoms. The van der Waals surface area contributed by atoms with Crippen LogP contribution in [0.3, 0.4) is 0 Å². The molecule has 4 rings (SSSR count). The highest BCUT2D eigenvalue weighted by atomic mass is 35.5. The van der Waals surface area contributed by atoms with E-state index in [0.29, 0.717) is 23.7 Å². The molecule has 0 unspecified atom stereocenters. The van der Waals surface area contributed by atoms with Crippen LogP contribution in [0.4, 0.5) is 0 Å². The molecule has 0 saturated heterocycles. The van der Waals surface area contributed by atoms with Crippen molar-refractivity contribution in [3.8, 4) is 11.7 Å². The third kappa shape index (κ3) is 3.64. The molecule has 0 fully saturated rings. The van der Waals surface area contributed by atoms with Crippen LogP contribution >= 0.6 is 11.6 Å². The molecule has 2 heterocycles. The largest absolute Gasteiger partial charge is 0.451 e. The lowest BCUT2D eigenvalue weighted by molar-refractivity contribution is 0.0920. The number of aryl methyl sites for hydroxylation is 2. The van der Waals surface area contributed by atoms with Crippen molar-refractivity contribution in [2.24, 2.45) is 0 Å². The van der Waals surface area contributed by atoms with Crippen LogP contribution in [0.2, 0.25) is 5.02 Å².